The molecule has 0 saturated carbocycles. The van der Waals surface area contributed by atoms with Crippen molar-refractivity contribution in [1.29, 1.82) is 0 Å². The van der Waals surface area contributed by atoms with E-state index in [-0.39, 0.29) is 5.56 Å². The molecule has 0 bridgehead atoms. The number of pyridine rings is 1. The second kappa shape index (κ2) is 4.87. The van der Waals surface area contributed by atoms with E-state index in [4.69, 9.17) is 0 Å². The Morgan fingerprint density at radius 1 is 1.24 bits per heavy atom. The van der Waals surface area contributed by atoms with Gasteiger partial charge in [0, 0.05) is 12.4 Å². The molecule has 4 aromatic rings. The molecule has 4 aromatic heterocycles. The molecule has 0 aliphatic carbocycles. The Morgan fingerprint density at radius 3 is 2.90 bits per heavy atom. The topological polar surface area (TPSA) is 60.2 Å². The number of rotatable bonds is 2. The average molecular weight is 312 g/mol. The zero-order valence-corrected chi connectivity index (χ0v) is 12.3. The van der Waals surface area contributed by atoms with Crippen molar-refractivity contribution in [3.8, 4) is 10.7 Å². The number of hydrogen-bond donors (Lipinski definition) is 0. The van der Waals surface area contributed by atoms with Crippen molar-refractivity contribution in [3.05, 3.63) is 62.5 Å². The van der Waals surface area contributed by atoms with Gasteiger partial charge in [-0.2, -0.15) is 9.50 Å². The van der Waals surface area contributed by atoms with Gasteiger partial charge in [0.1, 0.15) is 0 Å². The first-order valence-corrected chi connectivity index (χ1v) is 7.86. The molecule has 0 aromatic carbocycles. The molecule has 5 nitrogen and oxygen atoms in total. The van der Waals surface area contributed by atoms with Crippen LogP contribution in [0.5, 0.6) is 0 Å². The lowest BCUT2D eigenvalue weighted by Crippen LogP contribution is -2.23. The summed E-state index contributed by atoms with van der Waals surface area (Å²) >= 11 is 2.89. The number of nitrogens with zero attached hydrogens (tertiary/aromatic N) is 4. The fraction of sp³-hybridized carbons (Fsp3) is 0. The van der Waals surface area contributed by atoms with Gasteiger partial charge in [-0.15, -0.1) is 16.4 Å². The van der Waals surface area contributed by atoms with E-state index in [2.05, 4.69) is 15.1 Å². The Hall–Kier alpha value is -2.38. The average Bonchev–Trinajstić information content (AvgIpc) is 3.20. The molecule has 0 atom stereocenters. The lowest BCUT2D eigenvalue weighted by atomic mass is 10.3. The highest BCUT2D eigenvalue weighted by Gasteiger charge is 2.12. The lowest BCUT2D eigenvalue weighted by Gasteiger charge is -1.87. The SMILES string of the molecule is O=c1c(=Cc2cccnc2)sc2nc(-c3cccs3)nn12. The molecule has 0 fully saturated rings. The first kappa shape index (κ1) is 12.4. The van der Waals surface area contributed by atoms with Gasteiger partial charge >= 0.3 is 0 Å². The highest BCUT2D eigenvalue weighted by atomic mass is 32.1. The summed E-state index contributed by atoms with van der Waals surface area (Å²) in [6, 6.07) is 7.62. The molecule has 0 saturated heterocycles. The van der Waals surface area contributed by atoms with Crippen molar-refractivity contribution in [2.24, 2.45) is 0 Å². The molecule has 0 aliphatic rings. The van der Waals surface area contributed by atoms with Gasteiger partial charge in [-0.05, 0) is 29.2 Å². The highest BCUT2D eigenvalue weighted by molar-refractivity contribution is 7.15. The third kappa shape index (κ3) is 2.16. The second-order valence-corrected chi connectivity index (χ2v) is 6.27. The molecule has 0 spiro atoms. The van der Waals surface area contributed by atoms with Crippen LogP contribution < -0.4 is 10.1 Å². The standard InChI is InChI=1S/C14H8N4OS2/c19-13-11(7-9-3-1-5-15-8-9)21-14-16-12(17-18(13)14)10-4-2-6-20-10/h1-8H. The monoisotopic (exact) mass is 312 g/mol. The van der Waals surface area contributed by atoms with Crippen LogP contribution in [0.3, 0.4) is 0 Å². The third-order valence-corrected chi connectivity index (χ3v) is 4.73. The van der Waals surface area contributed by atoms with Crippen molar-refractivity contribution in [3.63, 3.8) is 0 Å². The van der Waals surface area contributed by atoms with Gasteiger partial charge in [-0.1, -0.05) is 23.5 Å². The molecule has 7 heteroatoms. The molecule has 0 radical (unpaired) electrons. The summed E-state index contributed by atoms with van der Waals surface area (Å²) in [5, 5.41) is 6.26. The van der Waals surface area contributed by atoms with Gasteiger partial charge in [0.2, 0.25) is 4.96 Å². The van der Waals surface area contributed by atoms with Crippen LogP contribution in [0.25, 0.3) is 21.7 Å². The maximum absolute atomic E-state index is 12.3. The third-order valence-electron chi connectivity index (χ3n) is 2.91. The zero-order chi connectivity index (χ0) is 14.2. The van der Waals surface area contributed by atoms with Crippen molar-refractivity contribution in [2.45, 2.75) is 0 Å². The normalized spacial score (nSPS) is 12.3. The molecule has 0 amide bonds. The molecule has 0 aliphatic heterocycles. The first-order chi connectivity index (χ1) is 10.3. The molecule has 4 heterocycles. The molecular weight excluding hydrogens is 304 g/mol. The number of aromatic nitrogens is 4. The Bertz CT molecular complexity index is 1000. The van der Waals surface area contributed by atoms with E-state index in [1.54, 1.807) is 29.8 Å². The largest absolute Gasteiger partial charge is 0.291 e. The minimum Gasteiger partial charge on any atom is -0.266 e. The van der Waals surface area contributed by atoms with Crippen LogP contribution in [0.15, 0.2) is 46.8 Å². The van der Waals surface area contributed by atoms with Gasteiger partial charge in [0.05, 0.1) is 9.41 Å². The predicted octanol–water partition coefficient (Wildman–Crippen LogP) is 1.82. The van der Waals surface area contributed by atoms with Crippen LogP contribution in [-0.2, 0) is 0 Å². The van der Waals surface area contributed by atoms with Crippen LogP contribution in [-0.4, -0.2) is 19.6 Å². The van der Waals surface area contributed by atoms with E-state index >= 15 is 0 Å². The minimum absolute atomic E-state index is 0.144. The number of thiophene rings is 1. The van der Waals surface area contributed by atoms with Crippen LogP contribution in [0.4, 0.5) is 0 Å². The maximum Gasteiger partial charge on any atom is 0.291 e. The molecule has 102 valence electrons. The van der Waals surface area contributed by atoms with Crippen molar-refractivity contribution >= 4 is 33.7 Å². The van der Waals surface area contributed by atoms with Crippen LogP contribution in [0.1, 0.15) is 5.56 Å². The molecule has 4 rings (SSSR count). The van der Waals surface area contributed by atoms with Crippen molar-refractivity contribution < 1.29 is 0 Å². The summed E-state index contributed by atoms with van der Waals surface area (Å²) in [7, 11) is 0. The van der Waals surface area contributed by atoms with Crippen molar-refractivity contribution in [2.75, 3.05) is 0 Å². The molecular formula is C14H8N4OS2. The van der Waals surface area contributed by atoms with Crippen molar-refractivity contribution in [1.82, 2.24) is 19.6 Å². The highest BCUT2D eigenvalue weighted by Crippen LogP contribution is 2.21. The fourth-order valence-electron chi connectivity index (χ4n) is 1.96. The Labute approximate surface area is 126 Å². The number of fused-ring (bicyclic) bond motifs is 1. The van der Waals surface area contributed by atoms with E-state index in [1.165, 1.54) is 15.9 Å². The fourth-order valence-corrected chi connectivity index (χ4v) is 3.52. The lowest BCUT2D eigenvalue weighted by molar-refractivity contribution is 0.938. The van der Waals surface area contributed by atoms with Gasteiger partial charge in [0.15, 0.2) is 5.82 Å². The van der Waals surface area contributed by atoms with Crippen LogP contribution in [0, 0.1) is 0 Å². The summed E-state index contributed by atoms with van der Waals surface area (Å²) in [5.41, 5.74) is 0.742. The second-order valence-electron chi connectivity index (χ2n) is 4.31. The van der Waals surface area contributed by atoms with E-state index in [0.29, 0.717) is 15.3 Å². The molecule has 21 heavy (non-hydrogen) atoms. The van der Waals surface area contributed by atoms with E-state index < -0.39 is 0 Å². The number of hydrogen-bond acceptors (Lipinski definition) is 6. The summed E-state index contributed by atoms with van der Waals surface area (Å²) < 4.78 is 1.97. The summed E-state index contributed by atoms with van der Waals surface area (Å²) in [4.78, 5) is 22.4. The molecule has 0 unspecified atom stereocenters. The summed E-state index contributed by atoms with van der Waals surface area (Å²) in [6.45, 7) is 0. The Balaban J connectivity index is 1.87. The Morgan fingerprint density at radius 2 is 2.19 bits per heavy atom. The van der Waals surface area contributed by atoms with Gasteiger partial charge in [-0.25, -0.2) is 0 Å². The van der Waals surface area contributed by atoms with E-state index in [1.807, 2.05) is 29.6 Å². The predicted molar refractivity (Wildman–Crippen MR) is 83.5 cm³/mol. The van der Waals surface area contributed by atoms with Gasteiger partial charge in [0.25, 0.3) is 5.56 Å². The zero-order valence-electron chi connectivity index (χ0n) is 10.6. The first-order valence-electron chi connectivity index (χ1n) is 6.16. The van der Waals surface area contributed by atoms with Gasteiger partial charge in [-0.3, -0.25) is 9.78 Å². The summed E-state index contributed by atoms with van der Waals surface area (Å²) in [5.74, 6) is 0.598. The Kier molecular flexibility index (Phi) is 2.87. The van der Waals surface area contributed by atoms with E-state index in [0.717, 1.165) is 10.4 Å². The summed E-state index contributed by atoms with van der Waals surface area (Å²) in [6.07, 6.45) is 5.22. The maximum atomic E-state index is 12.3. The van der Waals surface area contributed by atoms with Crippen LogP contribution in [0.2, 0.25) is 0 Å². The quantitative estimate of drug-likeness (QED) is 0.566. The van der Waals surface area contributed by atoms with E-state index in [9.17, 15) is 4.79 Å². The van der Waals surface area contributed by atoms with Crippen LogP contribution >= 0.6 is 22.7 Å². The minimum atomic E-state index is -0.144. The van der Waals surface area contributed by atoms with Gasteiger partial charge < -0.3 is 0 Å². The smallest absolute Gasteiger partial charge is 0.266 e. The molecule has 0 N–H and O–H groups in total. The number of thiazole rings is 1.